The lowest BCUT2D eigenvalue weighted by atomic mass is 10.4. The zero-order valence-corrected chi connectivity index (χ0v) is 11.0. The number of hydrogen-bond acceptors (Lipinski definition) is 7. The average Bonchev–Trinajstić information content (AvgIpc) is 3.07. The summed E-state index contributed by atoms with van der Waals surface area (Å²) in [5, 5.41) is 14.4. The normalized spacial score (nSPS) is 11.0. The maximum Gasteiger partial charge on any atom is 0.389 e. The number of fused-ring (bicyclic) bond motifs is 1. The highest BCUT2D eigenvalue weighted by molar-refractivity contribution is 5.80. The Labute approximate surface area is 118 Å². The predicted molar refractivity (Wildman–Crippen MR) is 73.2 cm³/mol. The van der Waals surface area contributed by atoms with E-state index in [-0.39, 0.29) is 5.82 Å². The van der Waals surface area contributed by atoms with Crippen molar-refractivity contribution in [3.05, 3.63) is 35.0 Å². The minimum atomic E-state index is -0.514. The molecule has 0 aliphatic heterocycles. The Morgan fingerprint density at radius 2 is 2.14 bits per heavy atom. The number of imidazole rings is 1. The molecule has 3 heterocycles. The predicted octanol–water partition coefficient (Wildman–Crippen LogP) is 0.603. The Hall–Kier alpha value is -3.04. The molecule has 0 bridgehead atoms. The monoisotopic (exact) mass is 288 g/mol. The highest BCUT2D eigenvalue weighted by Crippen LogP contribution is 2.14. The third kappa shape index (κ3) is 2.50. The fraction of sp³-hybridized carbons (Fsp3) is 0.273. The molecule has 0 aliphatic carbocycles. The van der Waals surface area contributed by atoms with Crippen molar-refractivity contribution >= 4 is 22.8 Å². The van der Waals surface area contributed by atoms with Crippen molar-refractivity contribution < 1.29 is 4.92 Å². The van der Waals surface area contributed by atoms with E-state index in [1.54, 1.807) is 17.2 Å². The minimum absolute atomic E-state index is 0.149. The third-order valence-electron chi connectivity index (χ3n) is 3.03. The van der Waals surface area contributed by atoms with E-state index in [4.69, 9.17) is 5.73 Å². The molecule has 0 aliphatic rings. The molecule has 0 saturated carbocycles. The molecular formula is C11H12N8O2. The first-order valence-electron chi connectivity index (χ1n) is 6.24. The molecule has 0 unspecified atom stereocenters. The van der Waals surface area contributed by atoms with Gasteiger partial charge in [-0.1, -0.05) is 0 Å². The molecule has 10 heteroatoms. The number of aromatic nitrogens is 6. The number of nitro groups is 1. The molecule has 0 fully saturated rings. The van der Waals surface area contributed by atoms with Gasteiger partial charge in [-0.3, -0.25) is 0 Å². The highest BCUT2D eigenvalue weighted by atomic mass is 16.6. The van der Waals surface area contributed by atoms with Crippen LogP contribution in [0.1, 0.15) is 6.42 Å². The van der Waals surface area contributed by atoms with Crippen molar-refractivity contribution in [3.8, 4) is 0 Å². The summed E-state index contributed by atoms with van der Waals surface area (Å²) >= 11 is 0. The quantitative estimate of drug-likeness (QED) is 0.537. The Balaban J connectivity index is 1.66. The van der Waals surface area contributed by atoms with Crippen LogP contribution in [0, 0.1) is 10.1 Å². The maximum absolute atomic E-state index is 10.5. The van der Waals surface area contributed by atoms with Crippen molar-refractivity contribution in [2.75, 3.05) is 5.73 Å². The molecule has 2 N–H and O–H groups in total. The van der Waals surface area contributed by atoms with Gasteiger partial charge in [0.2, 0.25) is 0 Å². The van der Waals surface area contributed by atoms with Crippen molar-refractivity contribution in [1.82, 2.24) is 29.3 Å². The summed E-state index contributed by atoms with van der Waals surface area (Å²) in [6.45, 7) is 1.22. The first-order chi connectivity index (χ1) is 10.1. The van der Waals surface area contributed by atoms with Crippen LogP contribution in [0.3, 0.4) is 0 Å². The highest BCUT2D eigenvalue weighted by Gasteiger charge is 2.11. The van der Waals surface area contributed by atoms with Crippen LogP contribution in [0.15, 0.2) is 24.9 Å². The smallest absolute Gasteiger partial charge is 0.382 e. The number of anilines is 1. The average molecular weight is 288 g/mol. The molecule has 3 rings (SSSR count). The molecule has 3 aromatic heterocycles. The summed E-state index contributed by atoms with van der Waals surface area (Å²) in [5.74, 6) is 0.199. The zero-order valence-electron chi connectivity index (χ0n) is 11.0. The topological polar surface area (TPSA) is 131 Å². The van der Waals surface area contributed by atoms with Gasteiger partial charge in [0.25, 0.3) is 0 Å². The van der Waals surface area contributed by atoms with E-state index in [1.165, 1.54) is 12.4 Å². The molecule has 21 heavy (non-hydrogen) atoms. The second-order valence-corrected chi connectivity index (χ2v) is 4.42. The van der Waals surface area contributed by atoms with E-state index in [1.807, 2.05) is 4.57 Å². The number of nitrogens with two attached hydrogens (primary N) is 1. The summed E-state index contributed by atoms with van der Waals surface area (Å²) in [4.78, 5) is 22.2. The van der Waals surface area contributed by atoms with Gasteiger partial charge in [-0.2, -0.15) is 4.68 Å². The largest absolute Gasteiger partial charge is 0.389 e. The zero-order chi connectivity index (χ0) is 14.8. The summed E-state index contributed by atoms with van der Waals surface area (Å²) in [5.41, 5.74) is 6.97. The summed E-state index contributed by atoms with van der Waals surface area (Å²) in [6, 6.07) is 1.38. The molecular weight excluding hydrogens is 276 g/mol. The minimum Gasteiger partial charge on any atom is -0.382 e. The van der Waals surface area contributed by atoms with Crippen LogP contribution >= 0.6 is 0 Å². The molecule has 0 saturated heterocycles. The van der Waals surface area contributed by atoms with Crippen LogP contribution in [0.5, 0.6) is 0 Å². The van der Waals surface area contributed by atoms with Gasteiger partial charge in [-0.05, 0) is 11.3 Å². The van der Waals surface area contributed by atoms with E-state index < -0.39 is 4.92 Å². The molecule has 3 aromatic rings. The van der Waals surface area contributed by atoms with Gasteiger partial charge < -0.3 is 20.4 Å². The van der Waals surface area contributed by atoms with Crippen LogP contribution in [0.2, 0.25) is 0 Å². The number of aryl methyl sites for hydroxylation is 2. The van der Waals surface area contributed by atoms with Crippen LogP contribution in [-0.4, -0.2) is 34.2 Å². The number of nitrogen functional groups attached to an aromatic ring is 1. The molecule has 0 amide bonds. The van der Waals surface area contributed by atoms with Gasteiger partial charge in [0.1, 0.15) is 11.8 Å². The molecule has 0 atom stereocenters. The summed E-state index contributed by atoms with van der Waals surface area (Å²) in [6.07, 6.45) is 5.37. The lowest BCUT2D eigenvalue weighted by Crippen LogP contribution is -2.05. The number of rotatable bonds is 5. The van der Waals surface area contributed by atoms with Crippen molar-refractivity contribution in [2.24, 2.45) is 0 Å². The Morgan fingerprint density at radius 1 is 1.29 bits per heavy atom. The van der Waals surface area contributed by atoms with Crippen LogP contribution in [-0.2, 0) is 13.1 Å². The first kappa shape index (κ1) is 13.0. The van der Waals surface area contributed by atoms with Crippen molar-refractivity contribution in [2.45, 2.75) is 19.5 Å². The van der Waals surface area contributed by atoms with Gasteiger partial charge in [-0.15, -0.1) is 0 Å². The van der Waals surface area contributed by atoms with Gasteiger partial charge in [0.15, 0.2) is 11.5 Å². The van der Waals surface area contributed by atoms with E-state index in [0.29, 0.717) is 30.1 Å². The fourth-order valence-electron chi connectivity index (χ4n) is 2.04. The number of hydrogen-bond donors (Lipinski definition) is 1. The molecule has 0 aromatic carbocycles. The van der Waals surface area contributed by atoms with E-state index >= 15 is 0 Å². The first-order valence-corrected chi connectivity index (χ1v) is 6.24. The van der Waals surface area contributed by atoms with E-state index in [0.717, 1.165) is 6.42 Å². The van der Waals surface area contributed by atoms with E-state index in [9.17, 15) is 10.1 Å². The number of nitrogens with zero attached hydrogens (tertiary/aromatic N) is 7. The standard InChI is InChI=1S/C11H12N8O2/c12-10-9-11(14-6-13-10)17(7-15-9)3-1-4-18-5-2-8(16-18)19(20)21/h2,5-7H,1,3-4H2,(H2,12,13,14). The maximum atomic E-state index is 10.5. The van der Waals surface area contributed by atoms with Crippen molar-refractivity contribution in [3.63, 3.8) is 0 Å². The molecule has 0 spiro atoms. The van der Waals surface area contributed by atoms with Gasteiger partial charge in [0.05, 0.1) is 30.2 Å². The Morgan fingerprint density at radius 3 is 2.90 bits per heavy atom. The Kier molecular flexibility index (Phi) is 3.18. The van der Waals surface area contributed by atoms with E-state index in [2.05, 4.69) is 20.1 Å². The third-order valence-corrected chi connectivity index (χ3v) is 3.03. The second-order valence-electron chi connectivity index (χ2n) is 4.42. The van der Waals surface area contributed by atoms with Gasteiger partial charge in [0, 0.05) is 6.54 Å². The van der Waals surface area contributed by atoms with Gasteiger partial charge >= 0.3 is 5.82 Å². The van der Waals surface area contributed by atoms with Crippen LogP contribution in [0.4, 0.5) is 11.6 Å². The second kappa shape index (κ2) is 5.15. The summed E-state index contributed by atoms with van der Waals surface area (Å²) < 4.78 is 3.41. The molecule has 0 radical (unpaired) electrons. The molecule has 10 nitrogen and oxygen atoms in total. The van der Waals surface area contributed by atoms with Gasteiger partial charge in [-0.25, -0.2) is 15.0 Å². The lowest BCUT2D eigenvalue weighted by molar-refractivity contribution is -0.389. The molecule has 108 valence electrons. The Bertz CT molecular complexity index is 792. The SMILES string of the molecule is Nc1ncnc2c1ncn2CCCn1ccc([N+](=O)[O-])n1. The van der Waals surface area contributed by atoms with Crippen molar-refractivity contribution in [1.29, 1.82) is 0 Å². The van der Waals surface area contributed by atoms with Crippen LogP contribution in [0.25, 0.3) is 11.2 Å². The lowest BCUT2D eigenvalue weighted by Gasteiger charge is -2.02. The van der Waals surface area contributed by atoms with Crippen LogP contribution < -0.4 is 5.73 Å². The fourth-order valence-corrected chi connectivity index (χ4v) is 2.04. The summed E-state index contributed by atoms with van der Waals surface area (Å²) in [7, 11) is 0.